The number of aromatic nitrogens is 4. The lowest BCUT2D eigenvalue weighted by Crippen LogP contribution is -2.51. The van der Waals surface area contributed by atoms with Crippen LogP contribution in [0.15, 0.2) is 48.8 Å². The Bertz CT molecular complexity index is 2290. The lowest BCUT2D eigenvalue weighted by Gasteiger charge is -2.29. The van der Waals surface area contributed by atoms with E-state index in [2.05, 4.69) is 49.9 Å². The molecule has 16 heteroatoms. The number of fused-ring (bicyclic) bond motifs is 5. The van der Waals surface area contributed by atoms with Gasteiger partial charge >= 0.3 is 12.2 Å². The molecule has 4 amide bonds. The van der Waals surface area contributed by atoms with Crippen LogP contribution in [0.2, 0.25) is 0 Å². The highest BCUT2D eigenvalue weighted by molar-refractivity contribution is 5.87. The Labute approximate surface area is 353 Å². The summed E-state index contributed by atoms with van der Waals surface area (Å²) in [6, 6.07) is 9.56. The fraction of sp³-hybridized carbons (Fsp3) is 0.511. The first kappa shape index (κ1) is 41.9. The van der Waals surface area contributed by atoms with Gasteiger partial charge in [-0.15, -0.1) is 0 Å². The van der Waals surface area contributed by atoms with Crippen molar-refractivity contribution in [3.05, 3.63) is 71.6 Å². The SMILES string of the molecule is COC(=O)N[C@H](C(=O)N1C[C@@H](F)CC1c1ncc(-c2ccc(-c3ccc(-c4cnc([C@@H]5C[C@H](F)CN5C(=O)[C@@H](NC(=O)OC)C(C)C)[nH]4)cc3)c3c2C2CCC3C2)[nH]1)C(C)C. The summed E-state index contributed by atoms with van der Waals surface area (Å²) in [5.41, 5.74) is 8.39. The maximum Gasteiger partial charge on any atom is 0.407 e. The Kier molecular flexibility index (Phi) is 11.6. The molecule has 0 spiro atoms. The van der Waals surface area contributed by atoms with Gasteiger partial charge in [0.25, 0.3) is 0 Å². The van der Waals surface area contributed by atoms with Crippen LogP contribution >= 0.6 is 0 Å². The number of carbonyl (C=O) groups excluding carboxylic acids is 4. The molecule has 4 aliphatic rings. The standard InChI is InChI=1S/C45H54F2N8O6/c1-22(2)38(52-44(58)60-5)42(56)54-20-28(46)16-34(54)40-48-18-32(50-40)25-9-7-24(8-10-25)30-13-14-31(37-27-12-11-26(15-27)36(30)37)33-19-49-41(51-33)35-17-29(47)21-55(35)43(57)39(23(3)4)53-45(59)61-6/h7-10,13-14,18-19,22-23,26-29,34-35,38-39H,11-12,15-17,20-21H2,1-6H3,(H,48,50)(H,49,51)(H,52,58)(H,53,59)/t26?,27?,28-,29-,34-,35?,38-,39-/m0/s1. The van der Waals surface area contributed by atoms with Gasteiger partial charge in [0.2, 0.25) is 11.8 Å². The predicted octanol–water partition coefficient (Wildman–Crippen LogP) is 7.48. The molecule has 2 bridgehead atoms. The van der Waals surface area contributed by atoms with Gasteiger partial charge in [0, 0.05) is 18.4 Å². The van der Waals surface area contributed by atoms with Gasteiger partial charge in [-0.3, -0.25) is 9.59 Å². The Morgan fingerprint density at radius 1 is 0.656 bits per heavy atom. The second-order valence-electron chi connectivity index (χ2n) is 17.5. The molecular weight excluding hydrogens is 787 g/mol. The van der Waals surface area contributed by atoms with Crippen molar-refractivity contribution in [1.29, 1.82) is 0 Å². The third-order valence-electron chi connectivity index (χ3n) is 13.0. The maximum absolute atomic E-state index is 15.0. The molecule has 0 radical (unpaired) electrons. The largest absolute Gasteiger partial charge is 0.453 e. The average Bonchev–Trinajstić information content (AvgIpc) is 4.12. The second kappa shape index (κ2) is 16.9. The summed E-state index contributed by atoms with van der Waals surface area (Å²) in [6.45, 7) is 7.08. The molecule has 2 aliphatic heterocycles. The van der Waals surface area contributed by atoms with Crippen LogP contribution in [-0.2, 0) is 19.1 Å². The van der Waals surface area contributed by atoms with Crippen LogP contribution in [-0.4, -0.2) is 105 Å². The molecule has 2 aromatic heterocycles. The lowest BCUT2D eigenvalue weighted by molar-refractivity contribution is -0.136. The minimum Gasteiger partial charge on any atom is -0.453 e. The number of alkyl carbamates (subject to hydrolysis) is 2. The molecule has 4 heterocycles. The molecule has 324 valence electrons. The second-order valence-corrected chi connectivity index (χ2v) is 17.5. The van der Waals surface area contributed by atoms with Gasteiger partial charge in [-0.2, -0.15) is 0 Å². The quantitative estimate of drug-likeness (QED) is 0.120. The summed E-state index contributed by atoms with van der Waals surface area (Å²) < 4.78 is 39.4. The van der Waals surface area contributed by atoms with E-state index < -0.39 is 48.7 Å². The molecule has 2 aromatic carbocycles. The number of H-pyrrole nitrogens is 2. The van der Waals surface area contributed by atoms with Crippen molar-refractivity contribution in [2.24, 2.45) is 11.8 Å². The number of likely N-dealkylation sites (tertiary alicyclic amines) is 2. The number of methoxy groups -OCH3 is 2. The zero-order valence-corrected chi connectivity index (χ0v) is 35.3. The number of rotatable bonds is 11. The number of imidazole rings is 2. The molecule has 1 saturated carbocycles. The van der Waals surface area contributed by atoms with Crippen LogP contribution < -0.4 is 10.6 Å². The number of benzene rings is 2. The van der Waals surface area contributed by atoms with Crippen molar-refractivity contribution in [2.75, 3.05) is 27.3 Å². The van der Waals surface area contributed by atoms with Crippen LogP contribution in [0.1, 0.15) is 106 Å². The van der Waals surface area contributed by atoms with E-state index in [-0.39, 0.29) is 49.6 Å². The van der Waals surface area contributed by atoms with E-state index >= 15 is 4.39 Å². The first-order valence-corrected chi connectivity index (χ1v) is 21.2. The van der Waals surface area contributed by atoms with Gasteiger partial charge in [0.1, 0.15) is 36.1 Å². The van der Waals surface area contributed by atoms with Gasteiger partial charge in [0.05, 0.1) is 63.2 Å². The maximum atomic E-state index is 15.0. The Morgan fingerprint density at radius 2 is 1.10 bits per heavy atom. The minimum atomic E-state index is -1.23. The Morgan fingerprint density at radius 3 is 1.59 bits per heavy atom. The molecule has 14 nitrogen and oxygen atoms in total. The summed E-state index contributed by atoms with van der Waals surface area (Å²) in [6.07, 6.45) is 3.06. The third-order valence-corrected chi connectivity index (χ3v) is 13.0. The number of nitrogens with zero attached hydrogens (tertiary/aromatic N) is 4. The third kappa shape index (κ3) is 7.96. The number of hydrogen-bond acceptors (Lipinski definition) is 8. The van der Waals surface area contributed by atoms with E-state index in [4.69, 9.17) is 14.5 Å². The van der Waals surface area contributed by atoms with Crippen molar-refractivity contribution in [2.45, 2.75) is 108 Å². The monoisotopic (exact) mass is 840 g/mol. The molecular formula is C45H54F2N8O6. The zero-order chi connectivity index (χ0) is 43.3. The number of alkyl halides is 2. The molecule has 3 fully saturated rings. The van der Waals surface area contributed by atoms with E-state index in [1.54, 1.807) is 12.4 Å². The number of amides is 4. The molecule has 4 N–H and O–H groups in total. The normalized spacial score (nSPS) is 24.0. The van der Waals surface area contributed by atoms with E-state index in [0.29, 0.717) is 23.5 Å². The smallest absolute Gasteiger partial charge is 0.407 e. The number of ether oxygens (including phenoxy) is 2. The molecule has 2 saturated heterocycles. The summed E-state index contributed by atoms with van der Waals surface area (Å²) in [5, 5.41) is 5.22. The predicted molar refractivity (Wildman–Crippen MR) is 223 cm³/mol. The molecule has 4 aromatic rings. The van der Waals surface area contributed by atoms with Gasteiger partial charge in [-0.25, -0.2) is 28.3 Å². The van der Waals surface area contributed by atoms with E-state index in [9.17, 15) is 23.6 Å². The zero-order valence-electron chi connectivity index (χ0n) is 35.3. The van der Waals surface area contributed by atoms with Gasteiger partial charge in [-0.05, 0) is 70.8 Å². The van der Waals surface area contributed by atoms with Crippen LogP contribution in [0.4, 0.5) is 18.4 Å². The van der Waals surface area contributed by atoms with Crippen molar-refractivity contribution in [1.82, 2.24) is 40.4 Å². The minimum absolute atomic E-state index is 0.0873. The van der Waals surface area contributed by atoms with Crippen molar-refractivity contribution >= 4 is 24.0 Å². The van der Waals surface area contributed by atoms with Crippen LogP contribution in [0.25, 0.3) is 33.6 Å². The molecule has 2 aliphatic carbocycles. The topological polar surface area (TPSA) is 175 Å². The fourth-order valence-corrected chi connectivity index (χ4v) is 9.96. The van der Waals surface area contributed by atoms with E-state index in [1.165, 1.54) is 40.7 Å². The summed E-state index contributed by atoms with van der Waals surface area (Å²) in [4.78, 5) is 70.5. The van der Waals surface area contributed by atoms with Crippen molar-refractivity contribution < 1.29 is 37.4 Å². The van der Waals surface area contributed by atoms with Gasteiger partial charge in [0.15, 0.2) is 0 Å². The van der Waals surface area contributed by atoms with Crippen LogP contribution in [0.5, 0.6) is 0 Å². The van der Waals surface area contributed by atoms with Gasteiger partial charge < -0.3 is 39.9 Å². The van der Waals surface area contributed by atoms with Crippen molar-refractivity contribution in [3.63, 3.8) is 0 Å². The first-order chi connectivity index (χ1) is 29.3. The Hall–Kier alpha value is -5.80. The number of halogens is 2. The number of hydrogen-bond donors (Lipinski definition) is 4. The van der Waals surface area contributed by atoms with E-state index in [0.717, 1.165) is 47.3 Å². The van der Waals surface area contributed by atoms with Crippen molar-refractivity contribution in [3.8, 4) is 33.6 Å². The molecule has 8 atom stereocenters. The van der Waals surface area contributed by atoms with Gasteiger partial charge in [-0.1, -0.05) is 64.1 Å². The lowest BCUT2D eigenvalue weighted by atomic mass is 9.82. The highest BCUT2D eigenvalue weighted by Gasteiger charge is 2.44. The highest BCUT2D eigenvalue weighted by Crippen LogP contribution is 2.58. The molecule has 3 unspecified atom stereocenters. The number of nitrogens with one attached hydrogen (secondary N) is 4. The highest BCUT2D eigenvalue weighted by atomic mass is 19.1. The number of aromatic amines is 2. The number of carbonyl (C=O) groups is 4. The summed E-state index contributed by atoms with van der Waals surface area (Å²) >= 11 is 0. The molecule has 61 heavy (non-hydrogen) atoms. The first-order valence-electron chi connectivity index (χ1n) is 21.2. The molecule has 8 rings (SSSR count). The van der Waals surface area contributed by atoms with Crippen LogP contribution in [0, 0.1) is 11.8 Å². The summed E-state index contributed by atoms with van der Waals surface area (Å²) in [5.74, 6) is 0.557. The average molecular weight is 841 g/mol. The fourth-order valence-electron chi connectivity index (χ4n) is 9.96. The Balaban J connectivity index is 1.03. The summed E-state index contributed by atoms with van der Waals surface area (Å²) in [7, 11) is 2.47. The van der Waals surface area contributed by atoms with E-state index in [1.807, 2.05) is 39.8 Å². The van der Waals surface area contributed by atoms with Crippen LogP contribution in [0.3, 0.4) is 0 Å².